The first kappa shape index (κ1) is 23.8. The van der Waals surface area contributed by atoms with Gasteiger partial charge < -0.3 is 28.4 Å². The molecule has 3 saturated heterocycles. The number of allylic oxidation sites excluding steroid dienone is 1. The highest BCUT2D eigenvalue weighted by Gasteiger charge is 2.59. The van der Waals surface area contributed by atoms with Crippen LogP contribution in [0.3, 0.4) is 0 Å². The minimum Gasteiger partial charge on any atom is -0.484 e. The highest BCUT2D eigenvalue weighted by molar-refractivity contribution is 5.00. The zero-order chi connectivity index (χ0) is 21.6. The first-order valence-corrected chi connectivity index (χ1v) is 11.7. The molecule has 6 nitrogen and oxygen atoms in total. The van der Waals surface area contributed by atoms with Gasteiger partial charge in [0.15, 0.2) is 30.1 Å². The first-order chi connectivity index (χ1) is 14.3. The van der Waals surface area contributed by atoms with Crippen LogP contribution in [0.5, 0.6) is 0 Å². The molecule has 3 aliphatic rings. The summed E-state index contributed by atoms with van der Waals surface area (Å²) in [6.45, 7) is 10.3. The van der Waals surface area contributed by atoms with Crippen LogP contribution in [0.1, 0.15) is 86.0 Å². The number of rotatable bonds is 11. The summed E-state index contributed by atoms with van der Waals surface area (Å²) in [4.78, 5) is 0. The SMILES string of the molecule is CCCCCCCCCC=C=CO[C@@H]1[C@H]2OC(C)(C)O[C@H]2O[C@@H]1[C@H]1COC(C)(C)O1. The molecule has 3 fully saturated rings. The molecule has 0 amide bonds. The molecule has 30 heavy (non-hydrogen) atoms. The minimum atomic E-state index is -0.690. The van der Waals surface area contributed by atoms with E-state index in [-0.39, 0.29) is 24.4 Å². The van der Waals surface area contributed by atoms with Crippen LogP contribution in [-0.2, 0) is 28.4 Å². The van der Waals surface area contributed by atoms with E-state index in [1.807, 2.05) is 33.8 Å². The van der Waals surface area contributed by atoms with Crippen LogP contribution < -0.4 is 0 Å². The van der Waals surface area contributed by atoms with Crippen molar-refractivity contribution >= 4 is 0 Å². The first-order valence-electron chi connectivity index (χ1n) is 11.7. The van der Waals surface area contributed by atoms with Crippen LogP contribution in [0.4, 0.5) is 0 Å². The van der Waals surface area contributed by atoms with Crippen molar-refractivity contribution in [3.8, 4) is 0 Å². The van der Waals surface area contributed by atoms with E-state index in [9.17, 15) is 0 Å². The molecular weight excluding hydrogens is 384 g/mol. The van der Waals surface area contributed by atoms with Crippen molar-refractivity contribution in [1.82, 2.24) is 0 Å². The average Bonchev–Trinajstić information content (AvgIpc) is 3.29. The molecule has 3 aliphatic heterocycles. The Labute approximate surface area is 181 Å². The lowest BCUT2D eigenvalue weighted by Gasteiger charge is -2.28. The van der Waals surface area contributed by atoms with Gasteiger partial charge in [-0.15, -0.1) is 0 Å². The topological polar surface area (TPSA) is 55.4 Å². The fourth-order valence-electron chi connectivity index (χ4n) is 4.29. The normalized spacial score (nSPS) is 33.8. The Morgan fingerprint density at radius 3 is 2.33 bits per heavy atom. The molecule has 0 bridgehead atoms. The quantitative estimate of drug-likeness (QED) is 0.258. The average molecular weight is 425 g/mol. The second kappa shape index (κ2) is 10.6. The van der Waals surface area contributed by atoms with E-state index < -0.39 is 17.9 Å². The van der Waals surface area contributed by atoms with Gasteiger partial charge in [0.1, 0.15) is 18.5 Å². The number of hydrogen-bond donors (Lipinski definition) is 0. The Hall–Kier alpha value is -0.880. The van der Waals surface area contributed by atoms with Crippen LogP contribution in [0.2, 0.25) is 0 Å². The fourth-order valence-corrected chi connectivity index (χ4v) is 4.29. The maximum Gasteiger partial charge on any atom is 0.191 e. The van der Waals surface area contributed by atoms with E-state index in [0.717, 1.165) is 6.42 Å². The molecule has 0 radical (unpaired) electrons. The van der Waals surface area contributed by atoms with Gasteiger partial charge in [-0.1, -0.05) is 51.2 Å². The lowest BCUT2D eigenvalue weighted by atomic mass is 10.1. The van der Waals surface area contributed by atoms with E-state index in [2.05, 4.69) is 12.7 Å². The summed E-state index contributed by atoms with van der Waals surface area (Å²) in [7, 11) is 0. The predicted octanol–water partition coefficient (Wildman–Crippen LogP) is 5.21. The zero-order valence-corrected chi connectivity index (χ0v) is 19.4. The van der Waals surface area contributed by atoms with Crippen molar-refractivity contribution in [1.29, 1.82) is 0 Å². The number of unbranched alkanes of at least 4 members (excludes halogenated alkanes) is 7. The highest BCUT2D eigenvalue weighted by atomic mass is 16.8. The molecule has 0 N–H and O–H groups in total. The third-order valence-electron chi connectivity index (χ3n) is 5.79. The van der Waals surface area contributed by atoms with Crippen LogP contribution in [0, 0.1) is 0 Å². The van der Waals surface area contributed by atoms with Crippen LogP contribution >= 0.6 is 0 Å². The van der Waals surface area contributed by atoms with Gasteiger partial charge in [0.2, 0.25) is 0 Å². The lowest BCUT2D eigenvalue weighted by molar-refractivity contribution is -0.232. The molecule has 6 heteroatoms. The Morgan fingerprint density at radius 2 is 1.63 bits per heavy atom. The van der Waals surface area contributed by atoms with Gasteiger partial charge in [-0.2, -0.15) is 0 Å². The molecule has 5 atom stereocenters. The van der Waals surface area contributed by atoms with Crippen molar-refractivity contribution in [2.24, 2.45) is 0 Å². The number of ether oxygens (including phenoxy) is 6. The van der Waals surface area contributed by atoms with Gasteiger partial charge in [-0.25, -0.2) is 0 Å². The van der Waals surface area contributed by atoms with Crippen LogP contribution in [-0.4, -0.2) is 48.9 Å². The predicted molar refractivity (Wildman–Crippen MR) is 114 cm³/mol. The van der Waals surface area contributed by atoms with E-state index in [4.69, 9.17) is 28.4 Å². The Balaban J connectivity index is 1.48. The van der Waals surface area contributed by atoms with Gasteiger partial charge in [0.25, 0.3) is 0 Å². The zero-order valence-electron chi connectivity index (χ0n) is 19.4. The summed E-state index contributed by atoms with van der Waals surface area (Å²) < 4.78 is 35.8. The minimum absolute atomic E-state index is 0.226. The smallest absolute Gasteiger partial charge is 0.191 e. The van der Waals surface area contributed by atoms with E-state index in [0.29, 0.717) is 6.61 Å². The third-order valence-corrected chi connectivity index (χ3v) is 5.79. The summed E-state index contributed by atoms with van der Waals surface area (Å²) >= 11 is 0. The van der Waals surface area contributed by atoms with Crippen molar-refractivity contribution < 1.29 is 28.4 Å². The number of fused-ring (bicyclic) bond motifs is 1. The van der Waals surface area contributed by atoms with E-state index in [1.54, 1.807) is 6.26 Å². The van der Waals surface area contributed by atoms with E-state index >= 15 is 0 Å². The summed E-state index contributed by atoms with van der Waals surface area (Å²) in [5.74, 6) is -1.31. The van der Waals surface area contributed by atoms with Crippen LogP contribution in [0.25, 0.3) is 0 Å². The summed E-state index contributed by atoms with van der Waals surface area (Å²) in [6, 6.07) is 0. The maximum absolute atomic E-state index is 6.13. The Kier molecular flexibility index (Phi) is 8.42. The molecule has 0 aliphatic carbocycles. The van der Waals surface area contributed by atoms with Crippen molar-refractivity contribution in [3.63, 3.8) is 0 Å². The van der Waals surface area contributed by atoms with E-state index in [1.165, 1.54) is 44.9 Å². The Bertz CT molecular complexity index is 595. The molecule has 3 rings (SSSR count). The number of hydrogen-bond acceptors (Lipinski definition) is 6. The standard InChI is InChI=1S/C24H40O6/c1-6-7-8-9-10-11-12-13-14-15-16-25-20-19(18-17-26-23(2,3)28-18)27-22-21(20)29-24(4,5)30-22/h14,16,18-22H,6-13,17H2,1-5H3/t15?,18-,19-,20+,21-,22-/m1/s1. The molecule has 172 valence electrons. The monoisotopic (exact) mass is 424 g/mol. The van der Waals surface area contributed by atoms with Gasteiger partial charge in [-0.3, -0.25) is 0 Å². The molecule has 0 unspecified atom stereocenters. The second-order valence-electron chi connectivity index (χ2n) is 9.44. The third kappa shape index (κ3) is 6.56. The van der Waals surface area contributed by atoms with Gasteiger partial charge in [-0.05, 0) is 46.6 Å². The second-order valence-corrected chi connectivity index (χ2v) is 9.44. The molecule has 0 spiro atoms. The van der Waals surface area contributed by atoms with Crippen molar-refractivity contribution in [2.45, 2.75) is 128 Å². The molecule has 0 saturated carbocycles. The molecule has 0 aromatic rings. The van der Waals surface area contributed by atoms with Crippen LogP contribution in [0.15, 0.2) is 18.1 Å². The fraction of sp³-hybridized carbons (Fsp3) is 0.875. The molecular formula is C24H40O6. The summed E-state index contributed by atoms with van der Waals surface area (Å²) in [6.07, 6.45) is 12.2. The highest BCUT2D eigenvalue weighted by Crippen LogP contribution is 2.41. The van der Waals surface area contributed by atoms with Crippen molar-refractivity contribution in [2.75, 3.05) is 6.61 Å². The van der Waals surface area contributed by atoms with Gasteiger partial charge in [0, 0.05) is 0 Å². The van der Waals surface area contributed by atoms with Crippen molar-refractivity contribution in [3.05, 3.63) is 18.1 Å². The maximum atomic E-state index is 6.13. The van der Waals surface area contributed by atoms with Gasteiger partial charge in [0.05, 0.1) is 6.61 Å². The largest absolute Gasteiger partial charge is 0.484 e. The molecule has 0 aromatic heterocycles. The summed E-state index contributed by atoms with van der Waals surface area (Å²) in [5, 5.41) is 0. The molecule has 0 aromatic carbocycles. The lowest BCUT2D eigenvalue weighted by Crippen LogP contribution is -2.43. The Morgan fingerprint density at radius 1 is 0.900 bits per heavy atom. The van der Waals surface area contributed by atoms with Gasteiger partial charge >= 0.3 is 0 Å². The molecule has 3 heterocycles. The summed E-state index contributed by atoms with van der Waals surface area (Å²) in [5.41, 5.74) is 3.16.